The Balaban J connectivity index is 0.909. The predicted molar refractivity (Wildman–Crippen MR) is 208 cm³/mol. The number of carbonyl (C=O) groups excluding carboxylic acids is 2. The van der Waals surface area contributed by atoms with Gasteiger partial charge in [0.2, 0.25) is 0 Å². The van der Waals surface area contributed by atoms with Gasteiger partial charge in [0.25, 0.3) is 11.8 Å². The zero-order chi connectivity index (χ0) is 37.3. The fourth-order valence-electron chi connectivity index (χ4n) is 7.22. The molecule has 4 aliphatic rings. The number of methoxy groups -OCH3 is 3. The molecular weight excluding hydrogens is 684 g/mol. The third-order valence-corrected chi connectivity index (χ3v) is 10.1. The van der Waals surface area contributed by atoms with Gasteiger partial charge in [0.15, 0.2) is 23.0 Å². The van der Waals surface area contributed by atoms with Crippen LogP contribution >= 0.6 is 0 Å². The van der Waals surface area contributed by atoms with Crippen molar-refractivity contribution >= 4 is 46.6 Å². The maximum atomic E-state index is 13.7. The van der Waals surface area contributed by atoms with E-state index in [0.717, 1.165) is 33.6 Å². The molecule has 0 fully saturated rings. The third kappa shape index (κ3) is 6.53. The lowest BCUT2D eigenvalue weighted by atomic mass is 10.0. The second-order valence-electron chi connectivity index (χ2n) is 13.4. The fraction of sp³-hybridized carbons (Fsp3) is 0.233. The molecular formula is C43H40N4O7. The molecule has 0 spiro atoms. The predicted octanol–water partition coefficient (Wildman–Crippen LogP) is 7.40. The average Bonchev–Trinajstić information content (AvgIpc) is 3.78. The van der Waals surface area contributed by atoms with Crippen molar-refractivity contribution in [3.8, 4) is 28.7 Å². The summed E-state index contributed by atoms with van der Waals surface area (Å²) >= 11 is 0. The Kier molecular flexibility index (Phi) is 9.29. The standard InChI is InChI=1S/C43H40N4O7/c1-50-34-13-8-27(9-14-34)30-18-33-23-45-37-22-41(39(52-3)21-36(37)43(49)47(33)25-30)54-16-4-15-53-40-19-28-7-12-32-17-29(26-5-10-31(44)11-6-26)24-46(32)42(48)35(28)20-38(40)51-2/h5-14,19-25,32-33H,4,15-18,44H2,1-3H3/t32-,33+/m1/s1. The Morgan fingerprint density at radius 3 is 1.91 bits per heavy atom. The fourth-order valence-corrected chi connectivity index (χ4v) is 7.22. The van der Waals surface area contributed by atoms with Gasteiger partial charge in [-0.15, -0.1) is 0 Å². The van der Waals surface area contributed by atoms with Gasteiger partial charge in [-0.25, -0.2) is 0 Å². The molecule has 0 aliphatic carbocycles. The van der Waals surface area contributed by atoms with Crippen LogP contribution in [-0.4, -0.2) is 74.5 Å². The number of hydrogen-bond acceptors (Lipinski definition) is 9. The van der Waals surface area contributed by atoms with Crippen molar-refractivity contribution in [2.45, 2.75) is 31.3 Å². The minimum absolute atomic E-state index is 0.0920. The number of nitrogen functional groups attached to an aromatic ring is 1. The lowest BCUT2D eigenvalue weighted by Crippen LogP contribution is -2.32. The summed E-state index contributed by atoms with van der Waals surface area (Å²) in [6, 6.07) is 22.3. The highest BCUT2D eigenvalue weighted by Crippen LogP contribution is 2.41. The van der Waals surface area contributed by atoms with E-state index in [4.69, 9.17) is 34.4 Å². The summed E-state index contributed by atoms with van der Waals surface area (Å²) in [6.45, 7) is 0.652. The molecule has 54 heavy (non-hydrogen) atoms. The lowest BCUT2D eigenvalue weighted by molar-refractivity contribution is 0.0803. The number of anilines is 1. The van der Waals surface area contributed by atoms with Crippen molar-refractivity contribution in [2.24, 2.45) is 4.99 Å². The molecule has 11 nitrogen and oxygen atoms in total. The highest BCUT2D eigenvalue weighted by Gasteiger charge is 2.34. The molecule has 4 aliphatic heterocycles. The van der Waals surface area contributed by atoms with Gasteiger partial charge in [0.1, 0.15) is 5.75 Å². The molecule has 0 aromatic heterocycles. The molecule has 2 atom stereocenters. The molecule has 4 aromatic carbocycles. The van der Waals surface area contributed by atoms with Crippen LogP contribution in [0, 0.1) is 0 Å². The number of nitrogens with zero attached hydrogens (tertiary/aromatic N) is 3. The molecule has 8 rings (SSSR count). The van der Waals surface area contributed by atoms with E-state index in [1.165, 1.54) is 0 Å². The summed E-state index contributed by atoms with van der Waals surface area (Å²) in [5.41, 5.74) is 13.1. The van der Waals surface area contributed by atoms with E-state index in [1.54, 1.807) is 49.3 Å². The largest absolute Gasteiger partial charge is 0.497 e. The Bertz CT molecular complexity index is 2240. The molecule has 4 heterocycles. The topological polar surface area (TPSA) is 125 Å². The van der Waals surface area contributed by atoms with E-state index in [0.29, 0.717) is 78.0 Å². The molecule has 0 unspecified atom stereocenters. The number of amides is 2. The maximum absolute atomic E-state index is 13.7. The van der Waals surface area contributed by atoms with E-state index < -0.39 is 0 Å². The number of rotatable bonds is 11. The maximum Gasteiger partial charge on any atom is 0.260 e. The Hall–Kier alpha value is -6.49. The van der Waals surface area contributed by atoms with Crippen LogP contribution in [0.15, 0.2) is 96.3 Å². The molecule has 0 radical (unpaired) electrons. The van der Waals surface area contributed by atoms with Gasteiger partial charge >= 0.3 is 0 Å². The molecule has 0 saturated carbocycles. The summed E-state index contributed by atoms with van der Waals surface area (Å²) in [4.78, 5) is 35.7. The van der Waals surface area contributed by atoms with Gasteiger partial charge in [0.05, 0.1) is 63.4 Å². The number of aliphatic imine (C=N–C) groups is 1. The number of ether oxygens (including phenoxy) is 5. The van der Waals surface area contributed by atoms with Crippen LogP contribution in [0.25, 0.3) is 17.2 Å². The molecule has 0 saturated heterocycles. The van der Waals surface area contributed by atoms with E-state index in [-0.39, 0.29) is 23.9 Å². The van der Waals surface area contributed by atoms with Crippen molar-refractivity contribution in [3.05, 3.63) is 119 Å². The normalized spacial score (nSPS) is 18.1. The van der Waals surface area contributed by atoms with Gasteiger partial charge in [-0.3, -0.25) is 14.6 Å². The van der Waals surface area contributed by atoms with E-state index in [2.05, 4.69) is 6.08 Å². The average molecular weight is 725 g/mol. The van der Waals surface area contributed by atoms with E-state index in [1.807, 2.05) is 79.3 Å². The Morgan fingerprint density at radius 1 is 0.685 bits per heavy atom. The summed E-state index contributed by atoms with van der Waals surface area (Å²) in [7, 11) is 4.74. The van der Waals surface area contributed by atoms with Crippen LogP contribution in [0.5, 0.6) is 28.7 Å². The monoisotopic (exact) mass is 724 g/mol. The van der Waals surface area contributed by atoms with Crippen molar-refractivity contribution < 1.29 is 33.3 Å². The minimum atomic E-state index is -0.199. The highest BCUT2D eigenvalue weighted by atomic mass is 16.5. The molecule has 2 amide bonds. The second-order valence-corrected chi connectivity index (χ2v) is 13.4. The van der Waals surface area contributed by atoms with Gasteiger partial charge in [-0.05, 0) is 76.7 Å². The molecule has 2 N–H and O–H groups in total. The number of fused-ring (bicyclic) bond motifs is 4. The van der Waals surface area contributed by atoms with Crippen LogP contribution in [0.2, 0.25) is 0 Å². The van der Waals surface area contributed by atoms with E-state index in [9.17, 15) is 9.59 Å². The Morgan fingerprint density at radius 2 is 1.26 bits per heavy atom. The first-order valence-electron chi connectivity index (χ1n) is 17.8. The van der Waals surface area contributed by atoms with Crippen LogP contribution in [0.3, 0.4) is 0 Å². The Labute approximate surface area is 313 Å². The zero-order valence-electron chi connectivity index (χ0n) is 30.3. The van der Waals surface area contributed by atoms with Gasteiger partial charge in [-0.2, -0.15) is 0 Å². The smallest absolute Gasteiger partial charge is 0.260 e. The van der Waals surface area contributed by atoms with Gasteiger partial charge in [-0.1, -0.05) is 36.4 Å². The summed E-state index contributed by atoms with van der Waals surface area (Å²) < 4.78 is 28.9. The van der Waals surface area contributed by atoms with Crippen molar-refractivity contribution in [1.82, 2.24) is 9.80 Å². The zero-order valence-corrected chi connectivity index (χ0v) is 30.3. The first-order valence-corrected chi connectivity index (χ1v) is 17.8. The van der Waals surface area contributed by atoms with Gasteiger partial charge in [0, 0.05) is 43.2 Å². The van der Waals surface area contributed by atoms with Crippen LogP contribution < -0.4 is 29.4 Å². The van der Waals surface area contributed by atoms with Crippen molar-refractivity contribution in [1.29, 1.82) is 0 Å². The quantitative estimate of drug-likeness (QED) is 0.125. The summed E-state index contributed by atoms with van der Waals surface area (Å²) in [6.07, 6.45) is 11.6. The molecule has 11 heteroatoms. The number of benzene rings is 4. The second kappa shape index (κ2) is 14.5. The first-order chi connectivity index (χ1) is 26.3. The third-order valence-electron chi connectivity index (χ3n) is 10.1. The number of carbonyl (C=O) groups is 2. The molecule has 0 bridgehead atoms. The SMILES string of the molecule is COc1ccc(C2=CN3C(=O)c4cc(OC)c(OCCCOc5cc6c(cc5OC)C(=O)N5C=C(c7ccc(N)cc7)C[C@H]5C=C6)cc4N=C[C@@H]3C2)cc1. The first kappa shape index (κ1) is 34.6. The summed E-state index contributed by atoms with van der Waals surface area (Å²) in [5, 5.41) is 0. The molecule has 4 aromatic rings. The van der Waals surface area contributed by atoms with E-state index >= 15 is 0 Å². The summed E-state index contributed by atoms with van der Waals surface area (Å²) in [5.74, 6) is 2.46. The van der Waals surface area contributed by atoms with Crippen LogP contribution in [0.4, 0.5) is 11.4 Å². The lowest BCUT2D eigenvalue weighted by Gasteiger charge is -2.20. The van der Waals surface area contributed by atoms with Gasteiger partial charge < -0.3 is 39.2 Å². The highest BCUT2D eigenvalue weighted by molar-refractivity contribution is 6.05. The van der Waals surface area contributed by atoms with Crippen LogP contribution in [0.1, 0.15) is 56.7 Å². The van der Waals surface area contributed by atoms with Crippen molar-refractivity contribution in [3.63, 3.8) is 0 Å². The van der Waals surface area contributed by atoms with Crippen molar-refractivity contribution in [2.75, 3.05) is 40.3 Å². The van der Waals surface area contributed by atoms with Crippen LogP contribution in [-0.2, 0) is 0 Å². The number of hydrogen-bond donors (Lipinski definition) is 1. The number of nitrogens with two attached hydrogens (primary N) is 1. The molecule has 274 valence electrons. The minimum Gasteiger partial charge on any atom is -0.497 e.